The summed E-state index contributed by atoms with van der Waals surface area (Å²) < 4.78 is 5.33. The number of benzene rings is 3. The minimum atomic E-state index is -0.591. The van der Waals surface area contributed by atoms with Gasteiger partial charge in [0, 0.05) is 12.6 Å². The Morgan fingerprint density at radius 2 is 1.76 bits per heavy atom. The van der Waals surface area contributed by atoms with E-state index in [9.17, 15) is 9.59 Å². The van der Waals surface area contributed by atoms with Crippen LogP contribution in [0.15, 0.2) is 72.8 Å². The predicted octanol–water partition coefficient (Wildman–Crippen LogP) is 5.39. The van der Waals surface area contributed by atoms with Gasteiger partial charge >= 0.3 is 0 Å². The van der Waals surface area contributed by atoms with E-state index in [1.165, 1.54) is 0 Å². The quantitative estimate of drug-likeness (QED) is 0.359. The number of ether oxygens (including phenoxy) is 1. The Morgan fingerprint density at radius 1 is 1.05 bits per heavy atom. The summed E-state index contributed by atoms with van der Waals surface area (Å²) in [6, 6.07) is 22.1. The molecular formula is C30H32N4O3. The molecule has 37 heavy (non-hydrogen) atoms. The van der Waals surface area contributed by atoms with Crippen molar-refractivity contribution in [3.05, 3.63) is 95.3 Å². The van der Waals surface area contributed by atoms with Gasteiger partial charge in [0.1, 0.15) is 11.6 Å². The normalized spacial score (nSPS) is 18.1. The Morgan fingerprint density at radius 3 is 2.46 bits per heavy atom. The van der Waals surface area contributed by atoms with Crippen LogP contribution in [-0.4, -0.2) is 40.8 Å². The number of carbonyl (C=O) groups is 2. The summed E-state index contributed by atoms with van der Waals surface area (Å²) in [5.74, 6) is 0.954. The second kappa shape index (κ2) is 10.1. The third kappa shape index (κ3) is 4.69. The average Bonchev–Trinajstić information content (AvgIpc) is 3.34. The molecular weight excluding hydrogens is 464 g/mol. The number of aromatic amines is 1. The zero-order valence-electron chi connectivity index (χ0n) is 21.6. The molecule has 3 aromatic carbocycles. The highest BCUT2D eigenvalue weighted by Crippen LogP contribution is 2.42. The molecule has 7 heteroatoms. The number of fused-ring (bicyclic) bond motifs is 2. The van der Waals surface area contributed by atoms with Crippen LogP contribution in [0.1, 0.15) is 65.6 Å². The summed E-state index contributed by atoms with van der Waals surface area (Å²) in [5.41, 5.74) is 3.96. The molecule has 2 N–H and O–H groups in total. The largest absolute Gasteiger partial charge is 0.497 e. The van der Waals surface area contributed by atoms with E-state index in [2.05, 4.69) is 24.1 Å². The number of para-hydroxylation sites is 2. The molecule has 1 aliphatic rings. The molecule has 0 saturated carbocycles. The van der Waals surface area contributed by atoms with Gasteiger partial charge in [-0.3, -0.25) is 9.59 Å². The third-order valence-corrected chi connectivity index (χ3v) is 7.08. The number of nitrogens with zero attached hydrogens (tertiary/aromatic N) is 2. The number of hydrogen-bond donors (Lipinski definition) is 2. The summed E-state index contributed by atoms with van der Waals surface area (Å²) in [6.07, 6.45) is 0.724. The molecule has 0 aliphatic carbocycles. The Labute approximate surface area is 216 Å². The van der Waals surface area contributed by atoms with Gasteiger partial charge in [0.2, 0.25) is 5.91 Å². The first-order chi connectivity index (χ1) is 17.9. The molecule has 4 aromatic rings. The fraction of sp³-hybridized carbons (Fsp3) is 0.300. The zero-order valence-corrected chi connectivity index (χ0v) is 21.6. The molecule has 1 aromatic heterocycles. The SMILES string of the molecule is COc1ccc([C@@H]2[C@@H](C(=O)N[C@H](CC(C)C)c3nc4ccccc4[nH]3)c3ccccc3C(=O)N2C)cc1. The van der Waals surface area contributed by atoms with Crippen molar-refractivity contribution in [1.29, 1.82) is 0 Å². The first-order valence-corrected chi connectivity index (χ1v) is 12.6. The van der Waals surface area contributed by atoms with Crippen LogP contribution in [0.5, 0.6) is 5.75 Å². The Bertz CT molecular complexity index is 1390. The van der Waals surface area contributed by atoms with E-state index < -0.39 is 12.0 Å². The lowest BCUT2D eigenvalue weighted by atomic mass is 9.79. The second-order valence-corrected chi connectivity index (χ2v) is 10.0. The summed E-state index contributed by atoms with van der Waals surface area (Å²) in [7, 11) is 3.38. The van der Waals surface area contributed by atoms with Crippen LogP contribution in [-0.2, 0) is 4.79 Å². The number of H-pyrrole nitrogens is 1. The molecule has 0 radical (unpaired) electrons. The number of aromatic nitrogens is 2. The molecule has 2 amide bonds. The number of amides is 2. The highest BCUT2D eigenvalue weighted by atomic mass is 16.5. The van der Waals surface area contributed by atoms with Crippen molar-refractivity contribution in [2.24, 2.45) is 5.92 Å². The molecule has 0 spiro atoms. The van der Waals surface area contributed by atoms with Crippen LogP contribution in [0.3, 0.4) is 0 Å². The minimum Gasteiger partial charge on any atom is -0.497 e. The van der Waals surface area contributed by atoms with Gasteiger partial charge in [0.05, 0.1) is 36.1 Å². The van der Waals surface area contributed by atoms with Crippen LogP contribution < -0.4 is 10.1 Å². The van der Waals surface area contributed by atoms with Gasteiger partial charge in [-0.1, -0.05) is 56.3 Å². The lowest BCUT2D eigenvalue weighted by molar-refractivity contribution is -0.125. The van der Waals surface area contributed by atoms with E-state index in [1.54, 1.807) is 25.1 Å². The molecule has 0 saturated heterocycles. The molecule has 0 fully saturated rings. The molecule has 1 aliphatic heterocycles. The molecule has 0 unspecified atom stereocenters. The molecule has 5 rings (SSSR count). The topological polar surface area (TPSA) is 87.3 Å². The maximum atomic E-state index is 14.2. The summed E-state index contributed by atoms with van der Waals surface area (Å²) in [5, 5.41) is 3.30. The summed E-state index contributed by atoms with van der Waals surface area (Å²) >= 11 is 0. The van der Waals surface area contributed by atoms with E-state index >= 15 is 0 Å². The number of imidazole rings is 1. The van der Waals surface area contributed by atoms with Crippen LogP contribution >= 0.6 is 0 Å². The van der Waals surface area contributed by atoms with Crippen molar-refractivity contribution in [1.82, 2.24) is 20.2 Å². The highest BCUT2D eigenvalue weighted by Gasteiger charge is 2.43. The van der Waals surface area contributed by atoms with Crippen molar-refractivity contribution in [2.75, 3.05) is 14.2 Å². The van der Waals surface area contributed by atoms with Gasteiger partial charge in [-0.15, -0.1) is 0 Å². The van der Waals surface area contributed by atoms with Gasteiger partial charge in [0.25, 0.3) is 5.91 Å². The third-order valence-electron chi connectivity index (χ3n) is 7.08. The maximum Gasteiger partial charge on any atom is 0.254 e. The van der Waals surface area contributed by atoms with Crippen molar-refractivity contribution in [3.63, 3.8) is 0 Å². The molecule has 190 valence electrons. The fourth-order valence-electron chi connectivity index (χ4n) is 5.28. The second-order valence-electron chi connectivity index (χ2n) is 10.0. The van der Waals surface area contributed by atoms with Crippen LogP contribution in [0.25, 0.3) is 11.0 Å². The van der Waals surface area contributed by atoms with E-state index in [1.807, 2.05) is 66.7 Å². The van der Waals surface area contributed by atoms with Crippen LogP contribution in [0.2, 0.25) is 0 Å². The number of methoxy groups -OCH3 is 1. The molecule has 7 nitrogen and oxygen atoms in total. The molecule has 3 atom stereocenters. The van der Waals surface area contributed by atoms with E-state index in [0.29, 0.717) is 11.5 Å². The van der Waals surface area contributed by atoms with Gasteiger partial charge in [0.15, 0.2) is 0 Å². The average molecular weight is 497 g/mol. The van der Waals surface area contributed by atoms with Crippen molar-refractivity contribution in [2.45, 2.75) is 38.3 Å². The number of nitrogens with one attached hydrogen (secondary N) is 2. The highest BCUT2D eigenvalue weighted by molar-refractivity contribution is 6.01. The maximum absolute atomic E-state index is 14.2. The number of likely N-dealkylation sites (N-methyl/N-ethyl adjacent to an activating group) is 1. The summed E-state index contributed by atoms with van der Waals surface area (Å²) in [4.78, 5) is 37.4. The van der Waals surface area contributed by atoms with Crippen molar-refractivity contribution < 1.29 is 14.3 Å². The van der Waals surface area contributed by atoms with Crippen LogP contribution in [0, 0.1) is 5.92 Å². The Balaban J connectivity index is 1.55. The monoisotopic (exact) mass is 496 g/mol. The summed E-state index contributed by atoms with van der Waals surface area (Å²) in [6.45, 7) is 4.26. The van der Waals surface area contributed by atoms with E-state index in [0.717, 1.165) is 40.2 Å². The van der Waals surface area contributed by atoms with Gasteiger partial charge in [-0.25, -0.2) is 4.98 Å². The Hall–Kier alpha value is -4.13. The van der Waals surface area contributed by atoms with Crippen molar-refractivity contribution >= 4 is 22.8 Å². The smallest absolute Gasteiger partial charge is 0.254 e. The zero-order chi connectivity index (χ0) is 26.1. The number of rotatable bonds is 7. The first kappa shape index (κ1) is 24.6. The lowest BCUT2D eigenvalue weighted by Gasteiger charge is -2.40. The van der Waals surface area contributed by atoms with Crippen molar-refractivity contribution in [3.8, 4) is 5.75 Å². The first-order valence-electron chi connectivity index (χ1n) is 12.6. The van der Waals surface area contributed by atoms with Crippen LogP contribution in [0.4, 0.5) is 0 Å². The van der Waals surface area contributed by atoms with E-state index in [4.69, 9.17) is 9.72 Å². The van der Waals surface area contributed by atoms with E-state index in [-0.39, 0.29) is 17.9 Å². The van der Waals surface area contributed by atoms with Gasteiger partial charge in [-0.05, 0) is 53.8 Å². The lowest BCUT2D eigenvalue weighted by Crippen LogP contribution is -2.46. The number of hydrogen-bond acceptors (Lipinski definition) is 4. The van der Waals surface area contributed by atoms with Gasteiger partial charge in [-0.2, -0.15) is 0 Å². The standard InChI is InChI=1S/C30H32N4O3/c1-18(2)17-25(28-31-23-11-7-8-12-24(23)32-28)33-29(35)26-21-9-5-6-10-22(21)30(36)34(3)27(26)19-13-15-20(37-4)16-14-19/h5-16,18,25-27H,17H2,1-4H3,(H,31,32)(H,33,35)/t25-,26+,27-/m1/s1. The molecule has 2 heterocycles. The predicted molar refractivity (Wildman–Crippen MR) is 143 cm³/mol. The fourth-order valence-corrected chi connectivity index (χ4v) is 5.28. The molecule has 0 bridgehead atoms. The minimum absolute atomic E-state index is 0.100. The number of carbonyl (C=O) groups excluding carboxylic acids is 2. The Kier molecular flexibility index (Phi) is 6.70. The van der Waals surface area contributed by atoms with Gasteiger partial charge < -0.3 is 19.9 Å².